The lowest BCUT2D eigenvalue weighted by Crippen LogP contribution is -2.28. The number of hydrogen-bond donors (Lipinski definition) is 2. The maximum atomic E-state index is 11.7. The zero-order chi connectivity index (χ0) is 14.2. The number of H-pyrrole nitrogens is 1. The molecule has 19 heavy (non-hydrogen) atoms. The summed E-state index contributed by atoms with van der Waals surface area (Å²) in [5, 5.41) is 11.6. The molecule has 0 saturated heterocycles. The molecule has 0 aliphatic heterocycles. The van der Waals surface area contributed by atoms with Crippen LogP contribution in [-0.2, 0) is 4.79 Å². The second-order valence-corrected chi connectivity index (χ2v) is 5.45. The van der Waals surface area contributed by atoms with Crippen LogP contribution in [0, 0.1) is 19.8 Å². The van der Waals surface area contributed by atoms with E-state index in [2.05, 4.69) is 20.5 Å². The minimum absolute atomic E-state index is 0.0458. The van der Waals surface area contributed by atoms with Gasteiger partial charge in [0, 0.05) is 12.0 Å². The quantitative estimate of drug-likeness (QED) is 0.884. The summed E-state index contributed by atoms with van der Waals surface area (Å²) in [5.41, 5.74) is 2.93. The largest absolute Gasteiger partial charge is 0.346 e. The molecule has 0 spiro atoms. The van der Waals surface area contributed by atoms with Gasteiger partial charge in [-0.15, -0.1) is 9.73 Å². The molecule has 2 heterocycles. The molecular weight excluding hydrogens is 242 g/mol. The van der Waals surface area contributed by atoms with E-state index in [1.165, 1.54) is 0 Å². The Morgan fingerprint density at radius 2 is 2.00 bits per heavy atom. The Labute approximate surface area is 112 Å². The molecule has 0 radical (unpaired) electrons. The number of nitrogens with one attached hydrogen (secondary N) is 2. The lowest BCUT2D eigenvalue weighted by atomic mass is 10.1. The van der Waals surface area contributed by atoms with Crippen molar-refractivity contribution in [1.29, 1.82) is 0 Å². The maximum absolute atomic E-state index is 11.7. The number of rotatable bonds is 4. The highest BCUT2D eigenvalue weighted by molar-refractivity contribution is 5.76. The van der Waals surface area contributed by atoms with Crippen molar-refractivity contribution in [2.24, 2.45) is 5.92 Å². The van der Waals surface area contributed by atoms with Crippen molar-refractivity contribution in [2.75, 3.05) is 0 Å². The van der Waals surface area contributed by atoms with E-state index in [0.717, 1.165) is 22.7 Å². The minimum Gasteiger partial charge on any atom is -0.346 e. The van der Waals surface area contributed by atoms with E-state index in [1.54, 1.807) is 4.63 Å². The fourth-order valence-electron chi connectivity index (χ4n) is 1.99. The summed E-state index contributed by atoms with van der Waals surface area (Å²) in [5.74, 6) is 1.12. The van der Waals surface area contributed by atoms with Crippen molar-refractivity contribution in [3.05, 3.63) is 17.1 Å². The first kappa shape index (κ1) is 13.6. The van der Waals surface area contributed by atoms with Crippen LogP contribution in [0.25, 0.3) is 5.65 Å². The number of nitrogens with zero attached hydrogens (tertiary/aromatic N) is 3. The molecule has 0 fully saturated rings. The Kier molecular flexibility index (Phi) is 3.59. The van der Waals surface area contributed by atoms with Crippen LogP contribution >= 0.6 is 0 Å². The van der Waals surface area contributed by atoms with Gasteiger partial charge in [0.25, 0.3) is 0 Å². The second-order valence-electron chi connectivity index (χ2n) is 5.45. The van der Waals surface area contributed by atoms with Gasteiger partial charge in [0.05, 0.1) is 11.7 Å². The molecule has 1 unspecified atom stereocenters. The number of amides is 1. The lowest BCUT2D eigenvalue weighted by Gasteiger charge is -2.12. The third-order valence-electron chi connectivity index (χ3n) is 3.17. The average Bonchev–Trinajstić information content (AvgIpc) is 2.79. The van der Waals surface area contributed by atoms with Crippen LogP contribution < -0.4 is 5.32 Å². The highest BCUT2D eigenvalue weighted by atomic mass is 16.1. The third-order valence-corrected chi connectivity index (χ3v) is 3.17. The predicted molar refractivity (Wildman–Crippen MR) is 72.8 cm³/mol. The molecule has 6 nitrogen and oxygen atoms in total. The fraction of sp³-hybridized carbons (Fsp3) is 0.615. The van der Waals surface area contributed by atoms with Crippen molar-refractivity contribution in [3.8, 4) is 0 Å². The standard InChI is InChI=1S/C13H21N5O/c1-7(2)6-11(19)14-10(5)12-15-13-8(3)9(4)16-18(13)17-12/h7,10H,6H2,1-5H3,(H,14,19)(H,15,17). The van der Waals surface area contributed by atoms with Gasteiger partial charge in [-0.3, -0.25) is 4.79 Å². The van der Waals surface area contributed by atoms with Gasteiger partial charge in [-0.05, 0) is 26.7 Å². The minimum atomic E-state index is -0.146. The smallest absolute Gasteiger partial charge is 0.220 e. The molecule has 0 saturated carbocycles. The summed E-state index contributed by atoms with van der Waals surface area (Å²) in [6.45, 7) is 9.92. The molecule has 6 heteroatoms. The van der Waals surface area contributed by atoms with E-state index in [4.69, 9.17) is 0 Å². The highest BCUT2D eigenvalue weighted by Gasteiger charge is 2.16. The number of aryl methyl sites for hydroxylation is 2. The van der Waals surface area contributed by atoms with E-state index in [1.807, 2.05) is 34.6 Å². The molecule has 2 aromatic heterocycles. The van der Waals surface area contributed by atoms with Crippen molar-refractivity contribution < 1.29 is 4.79 Å². The van der Waals surface area contributed by atoms with Crippen molar-refractivity contribution in [3.63, 3.8) is 0 Å². The number of carbonyl (C=O) groups is 1. The van der Waals surface area contributed by atoms with Gasteiger partial charge in [-0.2, -0.15) is 5.10 Å². The lowest BCUT2D eigenvalue weighted by molar-refractivity contribution is -0.122. The van der Waals surface area contributed by atoms with Gasteiger partial charge in [-0.25, -0.2) is 0 Å². The van der Waals surface area contributed by atoms with Crippen LogP contribution in [0.4, 0.5) is 0 Å². The van der Waals surface area contributed by atoms with Crippen LogP contribution in [0.15, 0.2) is 0 Å². The summed E-state index contributed by atoms with van der Waals surface area (Å²) >= 11 is 0. The summed E-state index contributed by atoms with van der Waals surface area (Å²) < 4.78 is 1.59. The number of aromatic amines is 1. The normalized spacial score (nSPS) is 13.2. The van der Waals surface area contributed by atoms with Crippen molar-refractivity contribution >= 4 is 11.6 Å². The van der Waals surface area contributed by atoms with Crippen LogP contribution in [0.2, 0.25) is 0 Å². The monoisotopic (exact) mass is 263 g/mol. The molecule has 0 bridgehead atoms. The highest BCUT2D eigenvalue weighted by Crippen LogP contribution is 2.15. The van der Waals surface area contributed by atoms with E-state index in [-0.39, 0.29) is 11.9 Å². The fourth-order valence-corrected chi connectivity index (χ4v) is 1.99. The van der Waals surface area contributed by atoms with Gasteiger partial charge < -0.3 is 10.3 Å². The molecule has 0 aromatic carbocycles. The predicted octanol–water partition coefficient (Wildman–Crippen LogP) is 1.90. The Morgan fingerprint density at radius 3 is 2.58 bits per heavy atom. The number of hydrogen-bond acceptors (Lipinski definition) is 3. The van der Waals surface area contributed by atoms with E-state index < -0.39 is 0 Å². The summed E-state index contributed by atoms with van der Waals surface area (Å²) in [6, 6.07) is -0.146. The Hall–Kier alpha value is -1.85. The van der Waals surface area contributed by atoms with Crippen molar-refractivity contribution in [1.82, 2.24) is 25.1 Å². The molecule has 2 rings (SSSR count). The number of carbonyl (C=O) groups excluding carboxylic acids is 1. The average molecular weight is 263 g/mol. The molecule has 1 atom stereocenters. The maximum Gasteiger partial charge on any atom is 0.220 e. The molecular formula is C13H21N5O. The van der Waals surface area contributed by atoms with Gasteiger partial charge in [0.1, 0.15) is 0 Å². The van der Waals surface area contributed by atoms with E-state index in [9.17, 15) is 4.79 Å². The zero-order valence-electron chi connectivity index (χ0n) is 12.1. The molecule has 104 valence electrons. The zero-order valence-corrected chi connectivity index (χ0v) is 12.1. The molecule has 1 amide bonds. The number of fused-ring (bicyclic) bond motifs is 1. The molecule has 0 aliphatic carbocycles. The summed E-state index contributed by atoms with van der Waals surface area (Å²) in [6.07, 6.45) is 0.528. The molecule has 2 N–H and O–H groups in total. The van der Waals surface area contributed by atoms with Gasteiger partial charge in [0.15, 0.2) is 11.5 Å². The Morgan fingerprint density at radius 1 is 1.32 bits per heavy atom. The number of aromatic nitrogens is 4. The Bertz CT molecular complexity index is 595. The first-order valence-corrected chi connectivity index (χ1v) is 6.60. The van der Waals surface area contributed by atoms with Gasteiger partial charge >= 0.3 is 0 Å². The van der Waals surface area contributed by atoms with Crippen LogP contribution in [0.3, 0.4) is 0 Å². The van der Waals surface area contributed by atoms with Crippen LogP contribution in [0.5, 0.6) is 0 Å². The topological polar surface area (TPSA) is 75.1 Å². The van der Waals surface area contributed by atoms with Crippen LogP contribution in [0.1, 0.15) is 50.3 Å². The Balaban J connectivity index is 2.13. The van der Waals surface area contributed by atoms with E-state index in [0.29, 0.717) is 12.3 Å². The van der Waals surface area contributed by atoms with E-state index >= 15 is 0 Å². The van der Waals surface area contributed by atoms with Gasteiger partial charge in [0.2, 0.25) is 5.91 Å². The van der Waals surface area contributed by atoms with Gasteiger partial charge in [-0.1, -0.05) is 13.8 Å². The van der Waals surface area contributed by atoms with Crippen molar-refractivity contribution in [2.45, 2.75) is 47.1 Å². The third kappa shape index (κ3) is 2.77. The molecule has 2 aromatic rings. The summed E-state index contributed by atoms with van der Waals surface area (Å²) in [7, 11) is 0. The SMILES string of the molecule is Cc1nn2nc(C(C)NC(=O)CC(C)C)[nH]c2c1C. The molecule has 0 aliphatic rings. The van der Waals surface area contributed by atoms with Crippen LogP contribution in [-0.4, -0.2) is 25.7 Å². The first-order valence-electron chi connectivity index (χ1n) is 6.60. The first-order chi connectivity index (χ1) is 8.88. The second kappa shape index (κ2) is 5.03. The summed E-state index contributed by atoms with van der Waals surface area (Å²) in [4.78, 5) is 15.0.